The summed E-state index contributed by atoms with van der Waals surface area (Å²) >= 11 is 0. The summed E-state index contributed by atoms with van der Waals surface area (Å²) in [5, 5.41) is 0. The number of hydrogen-bond acceptors (Lipinski definition) is 2. The molecule has 3 nitrogen and oxygen atoms in total. The maximum Gasteiger partial charge on any atom is 0.141 e. The van der Waals surface area contributed by atoms with Gasteiger partial charge in [0, 0.05) is 0 Å². The number of benzene rings is 1. The predicted molar refractivity (Wildman–Crippen MR) is 142 cm³/mol. The second-order valence-corrected chi connectivity index (χ2v) is 10.4. The smallest absolute Gasteiger partial charge is 0.141 e. The molecule has 33 heavy (non-hydrogen) atoms. The van der Waals surface area contributed by atoms with Crippen molar-refractivity contribution in [2.24, 2.45) is 0 Å². The molecule has 0 fully saturated rings. The topological polar surface area (TPSA) is 22.1 Å². The molecule has 0 aliphatic heterocycles. The van der Waals surface area contributed by atoms with Crippen LogP contribution in [-0.4, -0.2) is 30.1 Å². The van der Waals surface area contributed by atoms with E-state index in [2.05, 4.69) is 52.2 Å². The van der Waals surface area contributed by atoms with Gasteiger partial charge in [-0.3, -0.25) is 0 Å². The fraction of sp³-hybridized carbons (Fsp3) is 0.633. The first-order chi connectivity index (χ1) is 16.0. The van der Waals surface area contributed by atoms with Crippen molar-refractivity contribution in [3.63, 3.8) is 0 Å². The van der Waals surface area contributed by atoms with E-state index in [1.165, 1.54) is 89.2 Å². The van der Waals surface area contributed by atoms with Gasteiger partial charge in [0.05, 0.1) is 32.0 Å². The molecular weight excluding hydrogens is 404 g/mol. The summed E-state index contributed by atoms with van der Waals surface area (Å²) in [4.78, 5) is 4.84. The number of rotatable bonds is 18. The quantitative estimate of drug-likeness (QED) is 0.167. The molecule has 0 amide bonds. The predicted octanol–water partition coefficient (Wildman–Crippen LogP) is 8.25. The molecule has 0 bridgehead atoms. The number of aryl methyl sites for hydroxylation is 1. The molecule has 1 aromatic carbocycles. The third-order valence-corrected chi connectivity index (χ3v) is 6.54. The summed E-state index contributed by atoms with van der Waals surface area (Å²) in [6.45, 7) is 7.11. The van der Waals surface area contributed by atoms with E-state index in [4.69, 9.17) is 9.72 Å². The van der Waals surface area contributed by atoms with Gasteiger partial charge in [0.1, 0.15) is 18.9 Å². The van der Waals surface area contributed by atoms with Crippen molar-refractivity contribution in [2.45, 2.75) is 104 Å². The molecular formula is C30H49N2O+. The summed E-state index contributed by atoms with van der Waals surface area (Å²) < 4.78 is 6.98. The van der Waals surface area contributed by atoms with E-state index in [0.29, 0.717) is 6.61 Å². The molecule has 3 heteroatoms. The van der Waals surface area contributed by atoms with Crippen molar-refractivity contribution >= 4 is 0 Å². The molecule has 0 aliphatic rings. The number of quaternary nitrogens is 1. The summed E-state index contributed by atoms with van der Waals surface area (Å²) in [7, 11) is 4.66. The number of hydrogen-bond donors (Lipinski definition) is 0. The fourth-order valence-electron chi connectivity index (χ4n) is 4.47. The Bertz CT molecular complexity index is 757. The van der Waals surface area contributed by atoms with E-state index in [1.807, 2.05) is 18.2 Å². The van der Waals surface area contributed by atoms with Crippen LogP contribution in [0.25, 0.3) is 0 Å². The first kappa shape index (κ1) is 27.4. The van der Waals surface area contributed by atoms with Crippen molar-refractivity contribution in [1.82, 2.24) is 4.98 Å². The van der Waals surface area contributed by atoms with Gasteiger partial charge in [-0.05, 0) is 37.5 Å². The molecule has 2 aromatic rings. The lowest BCUT2D eigenvalue weighted by atomic mass is 10.1. The van der Waals surface area contributed by atoms with Gasteiger partial charge in [-0.1, -0.05) is 101 Å². The van der Waals surface area contributed by atoms with Crippen LogP contribution in [0.2, 0.25) is 0 Å². The van der Waals surface area contributed by atoms with Crippen molar-refractivity contribution in [3.8, 4) is 5.75 Å². The lowest BCUT2D eigenvalue weighted by Gasteiger charge is -2.29. The van der Waals surface area contributed by atoms with Gasteiger partial charge in [-0.25, -0.2) is 4.98 Å². The van der Waals surface area contributed by atoms with E-state index in [-0.39, 0.29) is 0 Å². The van der Waals surface area contributed by atoms with E-state index in [0.717, 1.165) is 28.2 Å². The Morgan fingerprint density at radius 2 is 1.30 bits per heavy atom. The van der Waals surface area contributed by atoms with Crippen LogP contribution >= 0.6 is 0 Å². The Morgan fingerprint density at radius 3 is 1.88 bits per heavy atom. The third kappa shape index (κ3) is 12.2. The highest BCUT2D eigenvalue weighted by atomic mass is 16.5. The van der Waals surface area contributed by atoms with Crippen molar-refractivity contribution in [3.05, 3.63) is 59.4 Å². The number of nitrogens with zero attached hydrogens (tertiary/aromatic N) is 2. The lowest BCUT2D eigenvalue weighted by Crippen LogP contribution is -2.39. The zero-order chi connectivity index (χ0) is 23.8. The number of aromatic nitrogens is 1. The Morgan fingerprint density at radius 1 is 0.727 bits per heavy atom. The Kier molecular flexibility index (Phi) is 13.2. The molecule has 1 heterocycles. The summed E-state index contributed by atoms with van der Waals surface area (Å²) in [6.07, 6.45) is 16.9. The van der Waals surface area contributed by atoms with Crippen LogP contribution in [0.15, 0.2) is 42.5 Å². The highest BCUT2D eigenvalue weighted by Crippen LogP contribution is 2.20. The summed E-state index contributed by atoms with van der Waals surface area (Å²) in [5.41, 5.74) is 3.32. The van der Waals surface area contributed by atoms with E-state index >= 15 is 0 Å². The molecule has 0 saturated carbocycles. The molecule has 1 aromatic heterocycles. The van der Waals surface area contributed by atoms with E-state index in [1.54, 1.807) is 0 Å². The molecule has 2 rings (SSSR count). The maximum absolute atomic E-state index is 5.99. The largest absolute Gasteiger partial charge is 0.487 e. The minimum Gasteiger partial charge on any atom is -0.487 e. The van der Waals surface area contributed by atoms with Crippen molar-refractivity contribution in [1.29, 1.82) is 0 Å². The standard InChI is InChI=1S/C30H49N2O/c1-5-6-7-8-9-10-11-12-13-14-15-19-24-32(3,4)25-29-22-23-30(27(2)31-29)33-26-28-20-17-16-18-21-28/h16-18,20-23H,5-15,19,24-26H2,1-4H3/q+1. The minimum absolute atomic E-state index is 0.587. The van der Waals surface area contributed by atoms with Crippen molar-refractivity contribution in [2.75, 3.05) is 20.6 Å². The molecule has 0 spiro atoms. The SMILES string of the molecule is CCCCCCCCCCCCCC[N+](C)(C)Cc1ccc(OCc2ccccc2)c(C)n1. The van der Waals surface area contributed by atoms with Gasteiger partial charge >= 0.3 is 0 Å². The van der Waals surface area contributed by atoms with Gasteiger partial charge in [0.2, 0.25) is 0 Å². The highest BCUT2D eigenvalue weighted by molar-refractivity contribution is 5.28. The molecule has 0 atom stereocenters. The lowest BCUT2D eigenvalue weighted by molar-refractivity contribution is -0.904. The van der Waals surface area contributed by atoms with Gasteiger partial charge in [-0.15, -0.1) is 0 Å². The van der Waals surface area contributed by atoms with Gasteiger partial charge in [0.15, 0.2) is 0 Å². The van der Waals surface area contributed by atoms with Crippen LogP contribution in [0.5, 0.6) is 5.75 Å². The second kappa shape index (κ2) is 15.9. The third-order valence-electron chi connectivity index (χ3n) is 6.54. The van der Waals surface area contributed by atoms with Crippen LogP contribution in [-0.2, 0) is 13.2 Å². The van der Waals surface area contributed by atoms with Crippen LogP contribution in [0, 0.1) is 6.92 Å². The Hall–Kier alpha value is -1.87. The van der Waals surface area contributed by atoms with Crippen molar-refractivity contribution < 1.29 is 9.22 Å². The Labute approximate surface area is 204 Å². The van der Waals surface area contributed by atoms with Crippen LogP contribution in [0.4, 0.5) is 0 Å². The second-order valence-electron chi connectivity index (χ2n) is 10.4. The molecule has 0 unspecified atom stereocenters. The van der Waals surface area contributed by atoms with Crippen LogP contribution in [0.1, 0.15) is 101 Å². The minimum atomic E-state index is 0.587. The maximum atomic E-state index is 5.99. The molecule has 0 N–H and O–H groups in total. The first-order valence-corrected chi connectivity index (χ1v) is 13.5. The zero-order valence-electron chi connectivity index (χ0n) is 22.0. The van der Waals surface area contributed by atoms with Crippen LogP contribution in [0.3, 0.4) is 0 Å². The zero-order valence-corrected chi connectivity index (χ0v) is 22.0. The van der Waals surface area contributed by atoms with E-state index < -0.39 is 0 Å². The Balaban J connectivity index is 1.59. The molecule has 184 valence electrons. The average Bonchev–Trinajstić information content (AvgIpc) is 2.79. The van der Waals surface area contributed by atoms with E-state index in [9.17, 15) is 0 Å². The van der Waals surface area contributed by atoms with Gasteiger partial charge in [-0.2, -0.15) is 0 Å². The van der Waals surface area contributed by atoms with Crippen LogP contribution < -0.4 is 4.74 Å². The summed E-state index contributed by atoms with van der Waals surface area (Å²) in [6, 6.07) is 14.5. The monoisotopic (exact) mass is 453 g/mol. The molecule has 0 aliphatic carbocycles. The average molecular weight is 454 g/mol. The molecule has 0 saturated heterocycles. The van der Waals surface area contributed by atoms with Gasteiger partial charge < -0.3 is 9.22 Å². The normalized spacial score (nSPS) is 11.6. The number of unbranched alkanes of at least 4 members (excludes halogenated alkanes) is 11. The summed E-state index contributed by atoms with van der Waals surface area (Å²) in [5.74, 6) is 0.883. The highest BCUT2D eigenvalue weighted by Gasteiger charge is 2.17. The number of ether oxygens (including phenoxy) is 1. The van der Waals surface area contributed by atoms with Gasteiger partial charge in [0.25, 0.3) is 0 Å². The first-order valence-electron chi connectivity index (χ1n) is 13.5. The number of pyridine rings is 1. The molecule has 0 radical (unpaired) electrons. The fourth-order valence-corrected chi connectivity index (χ4v) is 4.47.